The van der Waals surface area contributed by atoms with Gasteiger partial charge in [0.05, 0.1) is 26.4 Å². The molecule has 0 radical (unpaired) electrons. The summed E-state index contributed by atoms with van der Waals surface area (Å²) in [5.74, 6) is 0.961. The Morgan fingerprint density at radius 2 is 0.500 bits per heavy atom. The fourth-order valence-electron chi connectivity index (χ4n) is 11.7. The highest BCUT2D eigenvalue weighted by Gasteiger charge is 2.30. The normalized spacial score (nSPS) is 14.4. The third-order valence-corrected chi connectivity index (χ3v) is 20.1. The molecule has 6 atom stereocenters. The summed E-state index contributed by atoms with van der Waals surface area (Å²) in [6, 6.07) is 0. The summed E-state index contributed by atoms with van der Waals surface area (Å²) in [6.45, 7) is 14.2. The summed E-state index contributed by atoms with van der Waals surface area (Å²) in [6.07, 6.45) is 51.3. The maximum Gasteiger partial charge on any atom is 0.472 e. The van der Waals surface area contributed by atoms with Crippen LogP contribution in [-0.4, -0.2) is 96.7 Å². The van der Waals surface area contributed by atoms with E-state index in [2.05, 4.69) is 55.4 Å². The minimum absolute atomic E-state index is 0.106. The second-order valence-corrected chi connectivity index (χ2v) is 32.3. The molecule has 0 spiro atoms. The predicted octanol–water partition coefficient (Wildman–Crippen LogP) is 22.4. The maximum absolute atomic E-state index is 13.1. The number of esters is 4. The fraction of sp³-hybridized carbons (Fsp3) is 0.948. The number of hydrogen-bond acceptors (Lipinski definition) is 15. The quantitative estimate of drug-likeness (QED) is 0.0222. The average molecular weight is 1410 g/mol. The van der Waals surface area contributed by atoms with Gasteiger partial charge < -0.3 is 33.8 Å². The van der Waals surface area contributed by atoms with E-state index >= 15 is 0 Å². The summed E-state index contributed by atoms with van der Waals surface area (Å²) in [4.78, 5) is 72.8. The molecular formula is C77H150O17P2. The predicted molar refractivity (Wildman–Crippen MR) is 391 cm³/mol. The molecule has 0 aromatic carbocycles. The van der Waals surface area contributed by atoms with Gasteiger partial charge in [-0.15, -0.1) is 0 Å². The molecule has 0 rings (SSSR count). The van der Waals surface area contributed by atoms with Crippen LogP contribution in [0.3, 0.4) is 0 Å². The molecule has 0 saturated carbocycles. The van der Waals surface area contributed by atoms with Crippen LogP contribution in [0.15, 0.2) is 0 Å². The van der Waals surface area contributed by atoms with Crippen LogP contribution >= 0.6 is 15.6 Å². The molecule has 17 nitrogen and oxygen atoms in total. The highest BCUT2D eigenvalue weighted by molar-refractivity contribution is 7.47. The van der Waals surface area contributed by atoms with E-state index < -0.39 is 97.5 Å². The smallest absolute Gasteiger partial charge is 0.462 e. The Bertz CT molecular complexity index is 1890. The van der Waals surface area contributed by atoms with Gasteiger partial charge in [0.25, 0.3) is 0 Å². The maximum atomic E-state index is 13.1. The first kappa shape index (κ1) is 94.1. The summed E-state index contributed by atoms with van der Waals surface area (Å²) < 4.78 is 68.6. The number of rotatable bonds is 74. The lowest BCUT2D eigenvalue weighted by atomic mass is 9.99. The van der Waals surface area contributed by atoms with E-state index in [1.54, 1.807) is 0 Å². The third kappa shape index (κ3) is 69.2. The van der Waals surface area contributed by atoms with Crippen LogP contribution in [0.1, 0.15) is 389 Å². The molecule has 570 valence electrons. The highest BCUT2D eigenvalue weighted by atomic mass is 31.2. The molecule has 96 heavy (non-hydrogen) atoms. The van der Waals surface area contributed by atoms with Gasteiger partial charge in [-0.3, -0.25) is 37.3 Å². The molecule has 0 bridgehead atoms. The van der Waals surface area contributed by atoms with Crippen LogP contribution < -0.4 is 0 Å². The topological polar surface area (TPSA) is 237 Å². The summed E-state index contributed by atoms with van der Waals surface area (Å²) in [5.41, 5.74) is 0. The van der Waals surface area contributed by atoms with Gasteiger partial charge in [-0.05, 0) is 49.4 Å². The zero-order valence-corrected chi connectivity index (χ0v) is 64.8. The number of carbonyl (C=O) groups excluding carboxylic acids is 4. The largest absolute Gasteiger partial charge is 0.472 e. The van der Waals surface area contributed by atoms with Gasteiger partial charge in [0.1, 0.15) is 19.3 Å². The van der Waals surface area contributed by atoms with Gasteiger partial charge in [0.2, 0.25) is 0 Å². The zero-order valence-electron chi connectivity index (χ0n) is 63.0. The van der Waals surface area contributed by atoms with Crippen molar-refractivity contribution in [2.45, 2.75) is 408 Å². The van der Waals surface area contributed by atoms with E-state index in [0.717, 1.165) is 114 Å². The van der Waals surface area contributed by atoms with Crippen LogP contribution in [0.5, 0.6) is 0 Å². The molecule has 0 amide bonds. The second-order valence-electron chi connectivity index (χ2n) is 29.4. The van der Waals surface area contributed by atoms with Gasteiger partial charge in [0, 0.05) is 25.7 Å². The number of carbonyl (C=O) groups is 4. The number of aliphatic hydroxyl groups is 1. The van der Waals surface area contributed by atoms with Gasteiger partial charge in [-0.1, -0.05) is 338 Å². The monoisotopic (exact) mass is 1410 g/mol. The number of unbranched alkanes of at least 4 members (excludes halogenated alkanes) is 39. The number of aliphatic hydroxyl groups excluding tert-OH is 1. The molecule has 0 fully saturated rings. The Hall–Kier alpha value is -1.94. The van der Waals surface area contributed by atoms with E-state index in [-0.39, 0.29) is 25.7 Å². The Morgan fingerprint density at radius 3 is 0.740 bits per heavy atom. The van der Waals surface area contributed by atoms with Crippen molar-refractivity contribution in [2.75, 3.05) is 39.6 Å². The van der Waals surface area contributed by atoms with Crippen molar-refractivity contribution in [3.8, 4) is 0 Å². The van der Waals surface area contributed by atoms with Crippen molar-refractivity contribution in [3.05, 3.63) is 0 Å². The molecule has 4 unspecified atom stereocenters. The standard InChI is InChI=1S/C77H150O17P2/c1-9-70(8)56-48-40-32-24-18-14-10-11-15-19-25-34-43-51-59-77(82)94-73(64-88-75(80)58-50-42-36-28-31-39-47-55-69(6)7)66-92-96(85,86)90-62-71(78)61-89-95(83,84)91-65-72(63-87-74(79)57-49-41-33-27-21-23-30-38-46-54-68(4)5)93-76(81)60-52-44-35-26-20-16-12-13-17-22-29-37-45-53-67(2)3/h67-73,78H,9-66H2,1-8H3,(H,83,84)(H,85,86)/t70?,71?,72-,73-/m1/s1. The SMILES string of the molecule is CCC(C)CCCCCCCCCCCCCCCCC(=O)O[C@H](COC(=O)CCCCCCCCCC(C)C)COP(=O)(O)OCC(O)COP(=O)(O)OC[C@@H](COC(=O)CCCCCCCCCCCC(C)C)OC(=O)CCCCCCCCCCCCCCCC(C)C. The van der Waals surface area contributed by atoms with Crippen molar-refractivity contribution < 1.29 is 80.2 Å². The first-order chi connectivity index (χ1) is 46.1. The number of phosphoric ester groups is 2. The third-order valence-electron chi connectivity index (χ3n) is 18.2. The van der Waals surface area contributed by atoms with Crippen molar-refractivity contribution in [3.63, 3.8) is 0 Å². The summed E-state index contributed by atoms with van der Waals surface area (Å²) in [7, 11) is -9.92. The average Bonchev–Trinajstić information content (AvgIpc) is 1.27. The minimum atomic E-state index is -4.96. The van der Waals surface area contributed by atoms with Crippen LogP contribution in [0.2, 0.25) is 0 Å². The lowest BCUT2D eigenvalue weighted by Gasteiger charge is -2.21. The summed E-state index contributed by atoms with van der Waals surface area (Å²) >= 11 is 0. The lowest BCUT2D eigenvalue weighted by Crippen LogP contribution is -2.30. The van der Waals surface area contributed by atoms with Crippen molar-refractivity contribution in [1.82, 2.24) is 0 Å². The Balaban J connectivity index is 5.24. The van der Waals surface area contributed by atoms with Gasteiger partial charge in [-0.25, -0.2) is 9.13 Å². The van der Waals surface area contributed by atoms with E-state index in [1.165, 1.54) is 186 Å². The number of hydrogen-bond donors (Lipinski definition) is 3. The first-order valence-electron chi connectivity index (χ1n) is 39.7. The molecule has 0 heterocycles. The number of phosphoric acid groups is 2. The lowest BCUT2D eigenvalue weighted by molar-refractivity contribution is -0.161. The zero-order chi connectivity index (χ0) is 71.0. The Kier molecular flexibility index (Phi) is 65.0. The van der Waals surface area contributed by atoms with Gasteiger partial charge in [-0.2, -0.15) is 0 Å². The molecule has 0 saturated heterocycles. The molecule has 0 aliphatic rings. The van der Waals surface area contributed by atoms with E-state index in [9.17, 15) is 43.2 Å². The summed E-state index contributed by atoms with van der Waals surface area (Å²) in [5, 5.41) is 10.6. The van der Waals surface area contributed by atoms with Crippen LogP contribution in [0.4, 0.5) is 0 Å². The van der Waals surface area contributed by atoms with Crippen LogP contribution in [0.25, 0.3) is 0 Å². The first-order valence-corrected chi connectivity index (χ1v) is 42.7. The molecule has 0 aliphatic heterocycles. The molecule has 0 aliphatic carbocycles. The molecule has 19 heteroatoms. The fourth-order valence-corrected chi connectivity index (χ4v) is 13.3. The van der Waals surface area contributed by atoms with E-state index in [4.69, 9.17) is 37.0 Å². The van der Waals surface area contributed by atoms with E-state index in [0.29, 0.717) is 31.6 Å². The molecule has 3 N–H and O–H groups in total. The Morgan fingerprint density at radius 1 is 0.292 bits per heavy atom. The highest BCUT2D eigenvalue weighted by Crippen LogP contribution is 2.45. The van der Waals surface area contributed by atoms with Crippen molar-refractivity contribution >= 4 is 39.5 Å². The second kappa shape index (κ2) is 66.3. The van der Waals surface area contributed by atoms with Crippen LogP contribution in [0, 0.1) is 23.7 Å². The van der Waals surface area contributed by atoms with Crippen molar-refractivity contribution in [1.29, 1.82) is 0 Å². The van der Waals surface area contributed by atoms with Crippen molar-refractivity contribution in [2.24, 2.45) is 23.7 Å². The van der Waals surface area contributed by atoms with Crippen LogP contribution in [-0.2, 0) is 65.4 Å². The molecule has 0 aromatic rings. The number of ether oxygens (including phenoxy) is 4. The van der Waals surface area contributed by atoms with Gasteiger partial charge >= 0.3 is 39.5 Å². The van der Waals surface area contributed by atoms with Gasteiger partial charge in [0.15, 0.2) is 12.2 Å². The van der Waals surface area contributed by atoms with E-state index in [1.807, 2.05) is 0 Å². The molecule has 0 aromatic heterocycles. The molecular weight excluding hydrogens is 1260 g/mol. The Labute approximate surface area is 588 Å². The minimum Gasteiger partial charge on any atom is -0.462 e.